The first kappa shape index (κ1) is 28.0. The van der Waals surface area contributed by atoms with E-state index in [1.165, 1.54) is 5.57 Å². The molecule has 0 saturated carbocycles. The second-order valence-electron chi connectivity index (χ2n) is 9.50. The third-order valence-electron chi connectivity index (χ3n) is 5.83. The van der Waals surface area contributed by atoms with Gasteiger partial charge in [0.1, 0.15) is 0 Å². The Balaban J connectivity index is 0.000000540. The molecule has 0 saturated heterocycles. The van der Waals surface area contributed by atoms with Crippen molar-refractivity contribution in [1.82, 2.24) is 25.5 Å². The van der Waals surface area contributed by atoms with Gasteiger partial charge in [0.25, 0.3) is 0 Å². The number of benzene rings is 1. The van der Waals surface area contributed by atoms with Crippen LogP contribution in [-0.4, -0.2) is 69.3 Å². The quantitative estimate of drug-likeness (QED) is 0.532. The molecular formula is C23H31F3N6O3. The lowest BCUT2D eigenvalue weighted by Crippen LogP contribution is -2.21. The molecule has 1 amide bonds. The molecule has 1 unspecified atom stereocenters. The summed E-state index contributed by atoms with van der Waals surface area (Å²) in [7, 11) is 4.10. The van der Waals surface area contributed by atoms with E-state index in [1.54, 1.807) is 0 Å². The second-order valence-corrected chi connectivity index (χ2v) is 9.50. The first-order valence-electron chi connectivity index (χ1n) is 11.0. The summed E-state index contributed by atoms with van der Waals surface area (Å²) in [4.78, 5) is 23.1. The lowest BCUT2D eigenvalue weighted by Gasteiger charge is -2.29. The Bertz CT molecular complexity index is 1050. The first-order chi connectivity index (χ1) is 16.2. The molecule has 0 fully saturated rings. The van der Waals surface area contributed by atoms with Crippen molar-refractivity contribution in [3.05, 3.63) is 46.8 Å². The van der Waals surface area contributed by atoms with Crippen LogP contribution in [0.5, 0.6) is 0 Å². The van der Waals surface area contributed by atoms with Gasteiger partial charge in [-0.15, -0.1) is 5.10 Å². The van der Waals surface area contributed by atoms with Crippen molar-refractivity contribution in [1.29, 1.82) is 0 Å². The first-order valence-corrected chi connectivity index (χ1v) is 11.0. The number of hydrogen-bond donors (Lipinski definition) is 3. The van der Waals surface area contributed by atoms with Crippen LogP contribution in [0.4, 0.5) is 13.2 Å². The van der Waals surface area contributed by atoms with Crippen molar-refractivity contribution in [3.8, 4) is 0 Å². The second kappa shape index (κ2) is 11.4. The van der Waals surface area contributed by atoms with Gasteiger partial charge in [0.05, 0.1) is 0 Å². The SMILES string of the molecule is CN(C)CCC(c1ccc(C(N)=O)c(C2=CCC(C)(C)CC2)c1)c1nnn[nH]1.O=C(O)C(F)(F)F. The van der Waals surface area contributed by atoms with Gasteiger partial charge >= 0.3 is 12.1 Å². The largest absolute Gasteiger partial charge is 0.490 e. The van der Waals surface area contributed by atoms with Gasteiger partial charge in [-0.3, -0.25) is 4.79 Å². The minimum atomic E-state index is -5.08. The van der Waals surface area contributed by atoms with E-state index in [2.05, 4.69) is 51.5 Å². The number of tetrazole rings is 1. The zero-order valence-electron chi connectivity index (χ0n) is 20.2. The summed E-state index contributed by atoms with van der Waals surface area (Å²) >= 11 is 0. The molecule has 1 aliphatic carbocycles. The van der Waals surface area contributed by atoms with E-state index in [0.717, 1.165) is 49.2 Å². The van der Waals surface area contributed by atoms with Gasteiger partial charge in [0.15, 0.2) is 5.82 Å². The number of aromatic amines is 1. The van der Waals surface area contributed by atoms with Crippen LogP contribution in [0.2, 0.25) is 0 Å². The van der Waals surface area contributed by atoms with Crippen LogP contribution in [-0.2, 0) is 4.79 Å². The van der Waals surface area contributed by atoms with Gasteiger partial charge in [-0.2, -0.15) is 13.2 Å². The van der Waals surface area contributed by atoms with Gasteiger partial charge in [0.2, 0.25) is 5.91 Å². The zero-order valence-corrected chi connectivity index (χ0v) is 20.2. The summed E-state index contributed by atoms with van der Waals surface area (Å²) in [6, 6.07) is 5.92. The lowest BCUT2D eigenvalue weighted by molar-refractivity contribution is -0.192. The van der Waals surface area contributed by atoms with Crippen LogP contribution in [0.3, 0.4) is 0 Å². The van der Waals surface area contributed by atoms with Crippen molar-refractivity contribution >= 4 is 17.4 Å². The Morgan fingerprint density at radius 2 is 1.94 bits per heavy atom. The predicted molar refractivity (Wildman–Crippen MR) is 123 cm³/mol. The highest BCUT2D eigenvalue weighted by molar-refractivity contribution is 5.98. The van der Waals surface area contributed by atoms with E-state index in [0.29, 0.717) is 11.0 Å². The molecule has 1 aromatic carbocycles. The van der Waals surface area contributed by atoms with Gasteiger partial charge in [0, 0.05) is 11.5 Å². The number of carbonyl (C=O) groups excluding carboxylic acids is 1. The number of H-pyrrole nitrogens is 1. The third-order valence-corrected chi connectivity index (χ3v) is 5.83. The summed E-state index contributed by atoms with van der Waals surface area (Å²) in [6.07, 6.45) is 1.09. The summed E-state index contributed by atoms with van der Waals surface area (Å²) in [5.41, 5.74) is 9.80. The Kier molecular flexibility index (Phi) is 9.13. The number of primary amides is 1. The number of halogens is 3. The number of hydrogen-bond acceptors (Lipinski definition) is 6. The van der Waals surface area contributed by atoms with Gasteiger partial charge in [-0.25, -0.2) is 9.89 Å². The highest BCUT2D eigenvalue weighted by Crippen LogP contribution is 2.39. The number of carbonyl (C=O) groups is 2. The Morgan fingerprint density at radius 3 is 2.40 bits per heavy atom. The number of carboxylic acids is 1. The molecule has 4 N–H and O–H groups in total. The summed E-state index contributed by atoms with van der Waals surface area (Å²) in [5.74, 6) is -2.39. The van der Waals surface area contributed by atoms with Gasteiger partial charge in [-0.05, 0) is 91.0 Å². The van der Waals surface area contributed by atoms with E-state index < -0.39 is 18.1 Å². The molecule has 12 heteroatoms. The van der Waals surface area contributed by atoms with E-state index in [4.69, 9.17) is 15.6 Å². The number of allylic oxidation sites excluding steroid dienone is 2. The topological polar surface area (TPSA) is 138 Å². The maximum atomic E-state index is 12.1. The van der Waals surface area contributed by atoms with E-state index in [-0.39, 0.29) is 5.92 Å². The van der Waals surface area contributed by atoms with Crippen molar-refractivity contribution in [3.63, 3.8) is 0 Å². The average Bonchev–Trinajstić information content (AvgIpc) is 3.28. The number of amides is 1. The minimum Gasteiger partial charge on any atom is -0.475 e. The van der Waals surface area contributed by atoms with Gasteiger partial charge < -0.3 is 15.7 Å². The van der Waals surface area contributed by atoms with Crippen LogP contribution in [0.25, 0.3) is 5.57 Å². The monoisotopic (exact) mass is 496 g/mol. The fourth-order valence-corrected chi connectivity index (χ4v) is 3.74. The molecule has 0 bridgehead atoms. The van der Waals surface area contributed by atoms with Crippen molar-refractivity contribution < 1.29 is 27.9 Å². The number of nitrogens with two attached hydrogens (primary N) is 1. The maximum absolute atomic E-state index is 12.1. The molecule has 0 radical (unpaired) electrons. The number of rotatable bonds is 7. The summed E-state index contributed by atoms with van der Waals surface area (Å²) in [5, 5.41) is 21.7. The van der Waals surface area contributed by atoms with Crippen LogP contribution in [0.15, 0.2) is 24.3 Å². The highest BCUT2D eigenvalue weighted by atomic mass is 19.4. The van der Waals surface area contributed by atoms with E-state index >= 15 is 0 Å². The molecule has 1 aliphatic rings. The number of aromatic nitrogens is 4. The minimum absolute atomic E-state index is 0.0266. The van der Waals surface area contributed by atoms with Crippen molar-refractivity contribution in [2.45, 2.75) is 51.6 Å². The average molecular weight is 497 g/mol. The summed E-state index contributed by atoms with van der Waals surface area (Å²) < 4.78 is 31.7. The van der Waals surface area contributed by atoms with E-state index in [1.807, 2.05) is 26.2 Å². The van der Waals surface area contributed by atoms with Crippen molar-refractivity contribution in [2.75, 3.05) is 20.6 Å². The smallest absolute Gasteiger partial charge is 0.475 e. The predicted octanol–water partition coefficient (Wildman–Crippen LogP) is 3.61. The molecule has 1 aromatic heterocycles. The number of aliphatic carboxylic acids is 1. The molecule has 1 atom stereocenters. The number of nitrogens with one attached hydrogen (secondary N) is 1. The summed E-state index contributed by atoms with van der Waals surface area (Å²) in [6.45, 7) is 5.45. The van der Waals surface area contributed by atoms with Crippen LogP contribution in [0.1, 0.15) is 72.8 Å². The van der Waals surface area contributed by atoms with Crippen LogP contribution < -0.4 is 5.73 Å². The van der Waals surface area contributed by atoms with Gasteiger partial charge in [-0.1, -0.05) is 26.0 Å². The lowest BCUT2D eigenvalue weighted by atomic mass is 9.76. The number of carboxylic acid groups (broad SMARTS) is 1. The molecule has 3 rings (SSSR count). The molecule has 2 aromatic rings. The van der Waals surface area contributed by atoms with Crippen LogP contribution in [0, 0.1) is 5.41 Å². The maximum Gasteiger partial charge on any atom is 0.490 e. The van der Waals surface area contributed by atoms with Crippen LogP contribution >= 0.6 is 0 Å². The molecule has 1 heterocycles. The molecule has 9 nitrogen and oxygen atoms in total. The fourth-order valence-electron chi connectivity index (χ4n) is 3.74. The number of nitrogens with zero attached hydrogens (tertiary/aromatic N) is 4. The Hall–Kier alpha value is -3.28. The zero-order chi connectivity index (χ0) is 26.4. The fraction of sp³-hybridized carbons (Fsp3) is 0.522. The normalized spacial score (nSPS) is 16.2. The molecule has 192 valence electrons. The standard InChI is InChI=1S/C21H30N6O.C2HF3O2/c1-21(2)10-7-14(8-11-21)18-13-15(5-6-17(18)19(22)28)16(9-12-27(3)4)20-23-25-26-24-20;3-2(4,5)1(6)7/h5-7,13,16H,8-12H2,1-4H3,(H2,22,28)(H,23,24,25,26);(H,6,7). The van der Waals surface area contributed by atoms with E-state index in [9.17, 15) is 18.0 Å². The Labute approximate surface area is 201 Å². The third kappa shape index (κ3) is 8.16. The highest BCUT2D eigenvalue weighted by Gasteiger charge is 2.38. The molecule has 0 aliphatic heterocycles. The Morgan fingerprint density at radius 1 is 1.29 bits per heavy atom. The molecule has 35 heavy (non-hydrogen) atoms. The van der Waals surface area contributed by atoms with Crippen molar-refractivity contribution in [2.24, 2.45) is 11.1 Å². The number of alkyl halides is 3. The molecule has 0 spiro atoms. The molecular weight excluding hydrogens is 465 g/mol.